The Morgan fingerprint density at radius 3 is 2.22 bits per heavy atom. The van der Waals surface area contributed by atoms with Crippen molar-refractivity contribution < 1.29 is 0 Å². The van der Waals surface area contributed by atoms with Crippen LogP contribution in [0.25, 0.3) is 0 Å². The lowest BCUT2D eigenvalue weighted by molar-refractivity contribution is -0.0362. The zero-order valence-electron chi connectivity index (χ0n) is 10.8. The Balaban J connectivity index is 1.57. The molecule has 4 N–H and O–H groups in total. The van der Waals surface area contributed by atoms with Gasteiger partial charge in [-0.3, -0.25) is 0 Å². The maximum Gasteiger partial charge on any atom is 0.145 e. The van der Waals surface area contributed by atoms with Gasteiger partial charge < -0.3 is 11.6 Å². The van der Waals surface area contributed by atoms with Crippen molar-refractivity contribution in [3.05, 3.63) is 12.0 Å². The number of nitrogen functional groups attached to an aromatic ring is 2. The lowest BCUT2D eigenvalue weighted by Gasteiger charge is -2.54. The number of rotatable bonds is 2. The Morgan fingerprint density at radius 2 is 1.72 bits per heavy atom. The van der Waals surface area contributed by atoms with E-state index in [4.69, 9.17) is 11.6 Å². The van der Waals surface area contributed by atoms with Crippen molar-refractivity contribution >= 4 is 5.82 Å². The highest BCUT2D eigenvalue weighted by Crippen LogP contribution is 2.57. The highest BCUT2D eigenvalue weighted by atomic mass is 15.3. The maximum absolute atomic E-state index is 5.98. The van der Waals surface area contributed by atoms with Gasteiger partial charge in [-0.15, -0.1) is 0 Å². The van der Waals surface area contributed by atoms with E-state index in [0.29, 0.717) is 5.82 Å². The highest BCUT2D eigenvalue weighted by molar-refractivity contribution is 5.36. The molecule has 0 atom stereocenters. The number of hydrogen-bond donors (Lipinski definition) is 2. The molecular formula is C14H22N4. The summed E-state index contributed by atoms with van der Waals surface area (Å²) in [5, 5.41) is 0. The van der Waals surface area contributed by atoms with Crippen molar-refractivity contribution in [3.63, 3.8) is 0 Å². The van der Waals surface area contributed by atoms with Crippen molar-refractivity contribution in [2.24, 2.45) is 29.6 Å². The van der Waals surface area contributed by atoms with Gasteiger partial charge in [0.25, 0.3) is 0 Å². The average Bonchev–Trinajstić information content (AvgIpc) is 2.64. The van der Waals surface area contributed by atoms with Crippen molar-refractivity contribution in [1.29, 1.82) is 0 Å². The number of aromatic nitrogens is 2. The Hall–Kier alpha value is -1.19. The quantitative estimate of drug-likeness (QED) is 0.782. The van der Waals surface area contributed by atoms with E-state index in [1.807, 2.05) is 0 Å². The van der Waals surface area contributed by atoms with E-state index >= 15 is 0 Å². The summed E-state index contributed by atoms with van der Waals surface area (Å²) in [6.45, 7) is 0. The molecule has 4 heteroatoms. The molecule has 4 fully saturated rings. The van der Waals surface area contributed by atoms with E-state index in [2.05, 4.69) is 4.98 Å². The van der Waals surface area contributed by atoms with Crippen LogP contribution in [-0.2, 0) is 6.42 Å². The van der Waals surface area contributed by atoms with Gasteiger partial charge in [0.2, 0.25) is 0 Å². The van der Waals surface area contributed by atoms with Crippen molar-refractivity contribution in [2.75, 3.05) is 11.6 Å². The molecule has 1 aromatic heterocycles. The normalized spacial score (nSPS) is 41.4. The lowest BCUT2D eigenvalue weighted by Crippen LogP contribution is -2.45. The molecule has 4 nitrogen and oxygen atoms in total. The molecule has 18 heavy (non-hydrogen) atoms. The first kappa shape index (κ1) is 10.7. The summed E-state index contributed by atoms with van der Waals surface area (Å²) in [6, 6.07) is 0. The second-order valence-electron chi connectivity index (χ2n) is 6.78. The zero-order valence-corrected chi connectivity index (χ0v) is 10.8. The van der Waals surface area contributed by atoms with Gasteiger partial charge in [0.1, 0.15) is 12.1 Å². The minimum atomic E-state index is 0.656. The predicted molar refractivity (Wildman–Crippen MR) is 71.0 cm³/mol. The largest absolute Gasteiger partial charge is 0.382 e. The first-order valence-electron chi connectivity index (χ1n) is 7.27. The molecule has 4 aliphatic carbocycles. The Labute approximate surface area is 108 Å². The van der Waals surface area contributed by atoms with Gasteiger partial charge in [0, 0.05) is 0 Å². The third-order valence-corrected chi connectivity index (χ3v) is 5.76. The molecule has 0 unspecified atom stereocenters. The summed E-state index contributed by atoms with van der Waals surface area (Å²) < 4.78 is 1.45. The highest BCUT2D eigenvalue weighted by Gasteiger charge is 2.48. The van der Waals surface area contributed by atoms with Gasteiger partial charge >= 0.3 is 0 Å². The molecule has 0 amide bonds. The van der Waals surface area contributed by atoms with E-state index in [1.54, 1.807) is 6.33 Å². The van der Waals surface area contributed by atoms with Crippen LogP contribution in [0.3, 0.4) is 0 Å². The lowest BCUT2D eigenvalue weighted by atomic mass is 9.51. The number of imidazole rings is 1. The summed E-state index contributed by atoms with van der Waals surface area (Å²) in [4.78, 5) is 4.38. The summed E-state index contributed by atoms with van der Waals surface area (Å²) >= 11 is 0. The molecular weight excluding hydrogens is 224 g/mol. The average molecular weight is 246 g/mol. The van der Waals surface area contributed by atoms with Crippen LogP contribution in [0.15, 0.2) is 6.33 Å². The van der Waals surface area contributed by atoms with Gasteiger partial charge in [-0.1, -0.05) is 0 Å². The SMILES string of the molecule is Nc1c(CC2C3CC4CC(C3)CC2C4)ncn1N. The van der Waals surface area contributed by atoms with E-state index < -0.39 is 0 Å². The molecule has 1 heterocycles. The molecule has 5 rings (SSSR count). The molecule has 4 bridgehead atoms. The van der Waals surface area contributed by atoms with Crippen molar-refractivity contribution in [1.82, 2.24) is 9.66 Å². The monoisotopic (exact) mass is 246 g/mol. The van der Waals surface area contributed by atoms with Crippen LogP contribution < -0.4 is 11.6 Å². The second-order valence-corrected chi connectivity index (χ2v) is 6.78. The minimum Gasteiger partial charge on any atom is -0.382 e. The van der Waals surface area contributed by atoms with Crippen LogP contribution in [0.4, 0.5) is 5.82 Å². The minimum absolute atomic E-state index is 0.656. The van der Waals surface area contributed by atoms with Crippen LogP contribution in [0.1, 0.15) is 37.8 Å². The molecule has 0 aliphatic heterocycles. The Bertz CT molecular complexity index is 436. The first-order valence-corrected chi connectivity index (χ1v) is 7.27. The van der Waals surface area contributed by atoms with Crippen LogP contribution in [-0.4, -0.2) is 9.66 Å². The summed E-state index contributed by atoms with van der Waals surface area (Å²) in [5.41, 5.74) is 7.00. The Morgan fingerprint density at radius 1 is 1.11 bits per heavy atom. The van der Waals surface area contributed by atoms with Crippen molar-refractivity contribution in [3.8, 4) is 0 Å². The fraction of sp³-hybridized carbons (Fsp3) is 0.786. The number of nitrogens with zero attached hydrogens (tertiary/aromatic N) is 2. The number of nitrogens with two attached hydrogens (primary N) is 2. The second kappa shape index (κ2) is 3.65. The van der Waals surface area contributed by atoms with Crippen LogP contribution >= 0.6 is 0 Å². The number of anilines is 1. The first-order chi connectivity index (χ1) is 8.70. The molecule has 4 saturated carbocycles. The van der Waals surface area contributed by atoms with Crippen LogP contribution in [0.2, 0.25) is 0 Å². The standard InChI is InChI=1S/C14H22N4/c15-14-13(17-7-18(14)16)6-12-10-2-8-1-9(4-10)5-11(12)3-8/h7-12H,1-6,15-16H2. The third-order valence-electron chi connectivity index (χ3n) is 5.76. The molecule has 0 spiro atoms. The van der Waals surface area contributed by atoms with Gasteiger partial charge in [-0.05, 0) is 68.1 Å². The molecule has 1 aromatic rings. The molecule has 0 saturated heterocycles. The van der Waals surface area contributed by atoms with Gasteiger partial charge in [-0.25, -0.2) is 9.66 Å². The third kappa shape index (κ3) is 1.47. The van der Waals surface area contributed by atoms with Crippen LogP contribution in [0, 0.1) is 29.6 Å². The fourth-order valence-corrected chi connectivity index (χ4v) is 5.16. The van der Waals surface area contributed by atoms with Gasteiger partial charge in [0.15, 0.2) is 0 Å². The predicted octanol–water partition coefficient (Wildman–Crippen LogP) is 1.79. The molecule has 0 radical (unpaired) electrons. The molecule has 0 aromatic carbocycles. The molecule has 4 aliphatic rings. The van der Waals surface area contributed by atoms with E-state index in [9.17, 15) is 0 Å². The van der Waals surface area contributed by atoms with E-state index in [0.717, 1.165) is 41.7 Å². The number of hydrogen-bond acceptors (Lipinski definition) is 3. The van der Waals surface area contributed by atoms with E-state index in [1.165, 1.54) is 36.8 Å². The fourth-order valence-electron chi connectivity index (χ4n) is 5.16. The maximum atomic E-state index is 5.98. The summed E-state index contributed by atoms with van der Waals surface area (Å²) in [6.07, 6.45) is 10.0. The van der Waals surface area contributed by atoms with Gasteiger partial charge in [-0.2, -0.15) is 0 Å². The van der Waals surface area contributed by atoms with Gasteiger partial charge in [0.05, 0.1) is 5.69 Å². The van der Waals surface area contributed by atoms with Crippen molar-refractivity contribution in [2.45, 2.75) is 38.5 Å². The smallest absolute Gasteiger partial charge is 0.145 e. The van der Waals surface area contributed by atoms with E-state index in [-0.39, 0.29) is 0 Å². The summed E-state index contributed by atoms with van der Waals surface area (Å²) in [5.74, 6) is 11.1. The zero-order chi connectivity index (χ0) is 12.3. The Kier molecular flexibility index (Phi) is 2.17. The topological polar surface area (TPSA) is 69.9 Å². The molecule has 98 valence electrons. The van der Waals surface area contributed by atoms with Crippen LogP contribution in [0.5, 0.6) is 0 Å². The summed E-state index contributed by atoms with van der Waals surface area (Å²) in [7, 11) is 0.